The standard InChI is InChI=1S/C13H23NO4/c1-10(11-4-7-17-8-11)14-5-2-12(3-6-14)18-9-13(15)16/h10-12H,2-9H2,1H3,(H,15,16). The second-order valence-corrected chi connectivity index (χ2v) is 5.30. The van der Waals surface area contributed by atoms with Gasteiger partial charge in [-0.25, -0.2) is 4.79 Å². The van der Waals surface area contributed by atoms with Crippen molar-refractivity contribution in [2.45, 2.75) is 38.3 Å². The zero-order chi connectivity index (χ0) is 13.0. The third-order valence-electron chi connectivity index (χ3n) is 4.14. The van der Waals surface area contributed by atoms with E-state index in [1.54, 1.807) is 0 Å². The minimum Gasteiger partial charge on any atom is -0.480 e. The monoisotopic (exact) mass is 257 g/mol. The summed E-state index contributed by atoms with van der Waals surface area (Å²) in [5.74, 6) is -0.226. The summed E-state index contributed by atoms with van der Waals surface area (Å²) in [6.45, 7) is 5.89. The van der Waals surface area contributed by atoms with Crippen LogP contribution in [0.2, 0.25) is 0 Å². The van der Waals surface area contributed by atoms with Gasteiger partial charge in [0.25, 0.3) is 0 Å². The van der Waals surface area contributed by atoms with Crippen LogP contribution in [-0.2, 0) is 14.3 Å². The van der Waals surface area contributed by atoms with Crippen LogP contribution in [0.4, 0.5) is 0 Å². The minimum atomic E-state index is -0.881. The first-order chi connectivity index (χ1) is 8.66. The lowest BCUT2D eigenvalue weighted by atomic mass is 9.96. The van der Waals surface area contributed by atoms with E-state index >= 15 is 0 Å². The molecule has 0 aromatic heterocycles. The van der Waals surface area contributed by atoms with E-state index < -0.39 is 5.97 Å². The Kier molecular flexibility index (Phi) is 4.97. The van der Waals surface area contributed by atoms with E-state index in [0.717, 1.165) is 45.6 Å². The normalized spacial score (nSPS) is 28.4. The van der Waals surface area contributed by atoms with E-state index in [1.807, 2.05) is 0 Å². The maximum Gasteiger partial charge on any atom is 0.329 e. The van der Waals surface area contributed by atoms with E-state index in [4.69, 9.17) is 14.6 Å². The molecule has 0 spiro atoms. The second kappa shape index (κ2) is 6.50. The van der Waals surface area contributed by atoms with Crippen LogP contribution in [0.5, 0.6) is 0 Å². The number of hydrogen-bond acceptors (Lipinski definition) is 4. The molecule has 2 atom stereocenters. The van der Waals surface area contributed by atoms with Crippen molar-refractivity contribution in [3.05, 3.63) is 0 Å². The number of piperidine rings is 1. The highest BCUT2D eigenvalue weighted by Crippen LogP contribution is 2.24. The van der Waals surface area contributed by atoms with Crippen molar-refractivity contribution in [2.75, 3.05) is 32.9 Å². The second-order valence-electron chi connectivity index (χ2n) is 5.30. The van der Waals surface area contributed by atoms with Gasteiger partial charge >= 0.3 is 5.97 Å². The molecule has 104 valence electrons. The molecule has 18 heavy (non-hydrogen) atoms. The Morgan fingerprint density at radius 1 is 1.44 bits per heavy atom. The van der Waals surface area contributed by atoms with Gasteiger partial charge in [0.2, 0.25) is 0 Å². The van der Waals surface area contributed by atoms with Crippen LogP contribution in [0, 0.1) is 5.92 Å². The molecule has 2 aliphatic heterocycles. The Bertz CT molecular complexity index is 270. The molecular weight excluding hydrogens is 234 g/mol. The SMILES string of the molecule is CC(C1CCOC1)N1CCC(OCC(=O)O)CC1. The molecule has 0 aliphatic carbocycles. The Hall–Kier alpha value is -0.650. The van der Waals surface area contributed by atoms with Crippen LogP contribution >= 0.6 is 0 Å². The van der Waals surface area contributed by atoms with Crippen LogP contribution in [0.25, 0.3) is 0 Å². The average Bonchev–Trinajstić information content (AvgIpc) is 2.90. The van der Waals surface area contributed by atoms with E-state index in [0.29, 0.717) is 12.0 Å². The topological polar surface area (TPSA) is 59.0 Å². The summed E-state index contributed by atoms with van der Waals surface area (Å²) in [6.07, 6.45) is 3.15. The lowest BCUT2D eigenvalue weighted by Crippen LogP contribution is -2.45. The number of likely N-dealkylation sites (tertiary alicyclic amines) is 1. The predicted octanol–water partition coefficient (Wildman–Crippen LogP) is 0.977. The van der Waals surface area contributed by atoms with Crippen LogP contribution in [0.15, 0.2) is 0 Å². The lowest BCUT2D eigenvalue weighted by Gasteiger charge is -2.37. The molecule has 2 unspecified atom stereocenters. The minimum absolute atomic E-state index is 0.115. The van der Waals surface area contributed by atoms with Gasteiger partial charge in [-0.3, -0.25) is 0 Å². The van der Waals surface area contributed by atoms with Gasteiger partial charge in [-0.1, -0.05) is 0 Å². The van der Waals surface area contributed by atoms with E-state index in [2.05, 4.69) is 11.8 Å². The van der Waals surface area contributed by atoms with E-state index in [9.17, 15) is 4.79 Å². The van der Waals surface area contributed by atoms with Crippen LogP contribution in [-0.4, -0.2) is 61.0 Å². The van der Waals surface area contributed by atoms with Crippen molar-refractivity contribution < 1.29 is 19.4 Å². The molecule has 0 saturated carbocycles. The molecule has 0 radical (unpaired) electrons. The van der Waals surface area contributed by atoms with Crippen molar-refractivity contribution in [3.8, 4) is 0 Å². The molecule has 2 aliphatic rings. The molecule has 0 aromatic rings. The molecule has 5 heteroatoms. The highest BCUT2D eigenvalue weighted by Gasteiger charge is 2.30. The van der Waals surface area contributed by atoms with E-state index in [1.165, 1.54) is 0 Å². The number of carboxylic acids is 1. The van der Waals surface area contributed by atoms with E-state index in [-0.39, 0.29) is 12.7 Å². The van der Waals surface area contributed by atoms with Gasteiger partial charge in [-0.05, 0) is 32.1 Å². The van der Waals surface area contributed by atoms with Gasteiger partial charge in [0.1, 0.15) is 6.61 Å². The van der Waals surface area contributed by atoms with Gasteiger partial charge in [-0.15, -0.1) is 0 Å². The first-order valence-electron chi connectivity index (χ1n) is 6.82. The molecule has 2 saturated heterocycles. The average molecular weight is 257 g/mol. The molecule has 2 rings (SSSR count). The summed E-state index contributed by atoms with van der Waals surface area (Å²) in [5.41, 5.74) is 0. The summed E-state index contributed by atoms with van der Waals surface area (Å²) in [4.78, 5) is 12.9. The largest absolute Gasteiger partial charge is 0.480 e. The number of rotatable bonds is 5. The van der Waals surface area contributed by atoms with Crippen molar-refractivity contribution in [2.24, 2.45) is 5.92 Å². The van der Waals surface area contributed by atoms with Gasteiger partial charge < -0.3 is 19.5 Å². The number of ether oxygens (including phenoxy) is 2. The van der Waals surface area contributed by atoms with Gasteiger partial charge in [0.15, 0.2) is 0 Å². The molecular formula is C13H23NO4. The number of carbonyl (C=O) groups is 1. The summed E-state index contributed by atoms with van der Waals surface area (Å²) in [6, 6.07) is 0.563. The number of aliphatic carboxylic acids is 1. The number of hydrogen-bond donors (Lipinski definition) is 1. The molecule has 2 fully saturated rings. The van der Waals surface area contributed by atoms with Crippen molar-refractivity contribution in [1.29, 1.82) is 0 Å². The molecule has 0 aromatic carbocycles. The van der Waals surface area contributed by atoms with Crippen LogP contribution in [0.1, 0.15) is 26.2 Å². The summed E-state index contributed by atoms with van der Waals surface area (Å²) in [7, 11) is 0. The summed E-state index contributed by atoms with van der Waals surface area (Å²) >= 11 is 0. The summed E-state index contributed by atoms with van der Waals surface area (Å²) in [5, 5.41) is 8.58. The van der Waals surface area contributed by atoms with Crippen LogP contribution < -0.4 is 0 Å². The zero-order valence-electron chi connectivity index (χ0n) is 11.0. The predicted molar refractivity (Wildman–Crippen MR) is 66.6 cm³/mol. The molecule has 0 amide bonds. The number of nitrogens with zero attached hydrogens (tertiary/aromatic N) is 1. The highest BCUT2D eigenvalue weighted by atomic mass is 16.5. The van der Waals surface area contributed by atoms with Crippen molar-refractivity contribution >= 4 is 5.97 Å². The smallest absolute Gasteiger partial charge is 0.329 e. The van der Waals surface area contributed by atoms with Crippen molar-refractivity contribution in [1.82, 2.24) is 4.90 Å². The maximum absolute atomic E-state index is 10.4. The Morgan fingerprint density at radius 3 is 2.72 bits per heavy atom. The molecule has 5 nitrogen and oxygen atoms in total. The fourth-order valence-electron chi connectivity index (χ4n) is 2.87. The van der Waals surface area contributed by atoms with Gasteiger partial charge in [0, 0.05) is 25.7 Å². The third-order valence-corrected chi connectivity index (χ3v) is 4.14. The Labute approximate surface area is 108 Å². The quantitative estimate of drug-likeness (QED) is 0.795. The third kappa shape index (κ3) is 3.67. The van der Waals surface area contributed by atoms with Crippen LogP contribution in [0.3, 0.4) is 0 Å². The molecule has 0 bridgehead atoms. The Morgan fingerprint density at radius 2 is 2.17 bits per heavy atom. The highest BCUT2D eigenvalue weighted by molar-refractivity contribution is 5.68. The zero-order valence-corrected chi connectivity index (χ0v) is 11.0. The van der Waals surface area contributed by atoms with Crippen molar-refractivity contribution in [3.63, 3.8) is 0 Å². The van der Waals surface area contributed by atoms with Gasteiger partial charge in [0.05, 0.1) is 12.7 Å². The first-order valence-corrected chi connectivity index (χ1v) is 6.82. The Balaban J connectivity index is 1.70. The molecule has 2 heterocycles. The maximum atomic E-state index is 10.4. The van der Waals surface area contributed by atoms with Gasteiger partial charge in [-0.2, -0.15) is 0 Å². The summed E-state index contributed by atoms with van der Waals surface area (Å²) < 4.78 is 10.8. The molecule has 1 N–H and O–H groups in total. The lowest BCUT2D eigenvalue weighted by molar-refractivity contribution is -0.145. The fourth-order valence-corrected chi connectivity index (χ4v) is 2.87. The number of carboxylic acid groups (broad SMARTS) is 1. The first kappa shape index (κ1) is 13.8. The fraction of sp³-hybridized carbons (Fsp3) is 0.923.